The summed E-state index contributed by atoms with van der Waals surface area (Å²) < 4.78 is 0. The van der Waals surface area contributed by atoms with Crippen molar-refractivity contribution in [2.45, 2.75) is 65.0 Å². The lowest BCUT2D eigenvalue weighted by Gasteiger charge is -2.33. The number of piperidine rings is 1. The van der Waals surface area contributed by atoms with Crippen LogP contribution < -0.4 is 5.32 Å². The first kappa shape index (κ1) is 13.9. The van der Waals surface area contributed by atoms with Crippen molar-refractivity contribution in [3.8, 4) is 0 Å². The van der Waals surface area contributed by atoms with E-state index >= 15 is 0 Å². The van der Waals surface area contributed by atoms with Crippen LogP contribution in [0.4, 0.5) is 0 Å². The number of carbonyl (C=O) groups is 1. The highest BCUT2D eigenvalue weighted by Gasteiger charge is 2.36. The van der Waals surface area contributed by atoms with Gasteiger partial charge in [0.2, 0.25) is 5.91 Å². The van der Waals surface area contributed by atoms with Crippen molar-refractivity contribution in [2.75, 3.05) is 13.1 Å². The number of hydrogen-bond acceptors (Lipinski definition) is 2. The summed E-state index contributed by atoms with van der Waals surface area (Å²) in [5.41, 5.74) is 0. The van der Waals surface area contributed by atoms with Gasteiger partial charge in [-0.25, -0.2) is 0 Å². The van der Waals surface area contributed by atoms with Gasteiger partial charge in [-0.2, -0.15) is 0 Å². The molecule has 0 spiro atoms. The fourth-order valence-corrected chi connectivity index (χ4v) is 2.75. The predicted octanol–water partition coefficient (Wildman–Crippen LogP) is 2.41. The van der Waals surface area contributed by atoms with Crippen LogP contribution in [0.1, 0.15) is 52.9 Å². The molecule has 2 rings (SSSR count). The summed E-state index contributed by atoms with van der Waals surface area (Å²) in [7, 11) is 0. The molecule has 1 aliphatic heterocycles. The minimum Gasteiger partial charge on any atom is -0.338 e. The zero-order valence-corrected chi connectivity index (χ0v) is 12.1. The molecule has 0 radical (unpaired) electrons. The molecule has 1 aliphatic carbocycles. The van der Waals surface area contributed by atoms with Gasteiger partial charge >= 0.3 is 0 Å². The third-order valence-electron chi connectivity index (χ3n) is 4.18. The second-order valence-corrected chi connectivity index (χ2v) is 6.58. The second-order valence-electron chi connectivity index (χ2n) is 6.58. The topological polar surface area (TPSA) is 32.3 Å². The van der Waals surface area contributed by atoms with Crippen molar-refractivity contribution in [3.05, 3.63) is 0 Å². The zero-order chi connectivity index (χ0) is 13.1. The normalized spacial score (nSPS) is 28.4. The molecule has 1 amide bonds. The lowest BCUT2D eigenvalue weighted by molar-refractivity contribution is -0.135. The van der Waals surface area contributed by atoms with E-state index in [4.69, 9.17) is 0 Å². The molecule has 3 nitrogen and oxygen atoms in total. The Kier molecular flexibility index (Phi) is 4.66. The van der Waals surface area contributed by atoms with Crippen LogP contribution in [-0.4, -0.2) is 36.0 Å². The molecule has 3 heteroatoms. The fourth-order valence-electron chi connectivity index (χ4n) is 2.75. The average Bonchev–Trinajstić information content (AvgIpc) is 3.13. The summed E-state index contributed by atoms with van der Waals surface area (Å²) >= 11 is 0. The Bertz CT molecular complexity index is 286. The van der Waals surface area contributed by atoms with Gasteiger partial charge in [-0.05, 0) is 50.5 Å². The second kappa shape index (κ2) is 6.05. The van der Waals surface area contributed by atoms with Gasteiger partial charge in [0, 0.05) is 12.6 Å². The molecule has 0 aromatic heterocycles. The number of rotatable bonds is 5. The van der Waals surface area contributed by atoms with Crippen molar-refractivity contribution in [2.24, 2.45) is 11.8 Å². The van der Waals surface area contributed by atoms with Gasteiger partial charge in [0.1, 0.15) is 0 Å². The Morgan fingerprint density at radius 1 is 1.33 bits per heavy atom. The molecule has 1 saturated heterocycles. The SMILES string of the molecule is CC(C)CCN(C(=O)C1CC(C)CCN1)C1CC1. The highest BCUT2D eigenvalue weighted by molar-refractivity contribution is 5.82. The van der Waals surface area contributed by atoms with Crippen LogP contribution in [0.25, 0.3) is 0 Å². The number of nitrogens with zero attached hydrogens (tertiary/aromatic N) is 1. The molecule has 18 heavy (non-hydrogen) atoms. The van der Waals surface area contributed by atoms with E-state index in [2.05, 4.69) is 31.0 Å². The molecule has 2 fully saturated rings. The van der Waals surface area contributed by atoms with Crippen LogP contribution in [0.3, 0.4) is 0 Å². The van der Waals surface area contributed by atoms with Gasteiger partial charge in [-0.1, -0.05) is 20.8 Å². The van der Waals surface area contributed by atoms with Gasteiger partial charge in [-0.15, -0.1) is 0 Å². The molecule has 1 saturated carbocycles. The monoisotopic (exact) mass is 252 g/mol. The molecule has 0 bridgehead atoms. The van der Waals surface area contributed by atoms with Crippen LogP contribution in [-0.2, 0) is 4.79 Å². The Balaban J connectivity index is 1.90. The van der Waals surface area contributed by atoms with Crippen LogP contribution in [0, 0.1) is 11.8 Å². The van der Waals surface area contributed by atoms with E-state index in [9.17, 15) is 4.79 Å². The fraction of sp³-hybridized carbons (Fsp3) is 0.933. The minimum absolute atomic E-state index is 0.0847. The van der Waals surface area contributed by atoms with E-state index in [-0.39, 0.29) is 6.04 Å². The molecule has 104 valence electrons. The van der Waals surface area contributed by atoms with E-state index < -0.39 is 0 Å². The van der Waals surface area contributed by atoms with Gasteiger partial charge in [0.25, 0.3) is 0 Å². The quantitative estimate of drug-likeness (QED) is 0.815. The first-order chi connectivity index (χ1) is 8.58. The molecular formula is C15H28N2O. The molecule has 2 unspecified atom stereocenters. The smallest absolute Gasteiger partial charge is 0.239 e. The zero-order valence-electron chi connectivity index (χ0n) is 12.1. The molecular weight excluding hydrogens is 224 g/mol. The van der Waals surface area contributed by atoms with Crippen molar-refractivity contribution in [1.82, 2.24) is 10.2 Å². The van der Waals surface area contributed by atoms with E-state index in [0.29, 0.717) is 23.8 Å². The first-order valence-corrected chi connectivity index (χ1v) is 7.61. The Morgan fingerprint density at radius 2 is 2.06 bits per heavy atom. The van der Waals surface area contributed by atoms with E-state index in [1.165, 1.54) is 19.3 Å². The molecule has 0 aromatic carbocycles. The van der Waals surface area contributed by atoms with Crippen LogP contribution in [0.5, 0.6) is 0 Å². The minimum atomic E-state index is 0.0847. The number of amides is 1. The Hall–Kier alpha value is -0.570. The van der Waals surface area contributed by atoms with Gasteiger partial charge in [0.05, 0.1) is 6.04 Å². The van der Waals surface area contributed by atoms with Crippen LogP contribution in [0.15, 0.2) is 0 Å². The molecule has 1 N–H and O–H groups in total. The van der Waals surface area contributed by atoms with Gasteiger partial charge < -0.3 is 10.2 Å². The summed E-state index contributed by atoms with van der Waals surface area (Å²) in [5, 5.41) is 3.41. The van der Waals surface area contributed by atoms with E-state index in [0.717, 1.165) is 25.9 Å². The third-order valence-corrected chi connectivity index (χ3v) is 4.18. The maximum absolute atomic E-state index is 12.6. The lowest BCUT2D eigenvalue weighted by atomic mass is 9.93. The van der Waals surface area contributed by atoms with Crippen molar-refractivity contribution >= 4 is 5.91 Å². The maximum Gasteiger partial charge on any atom is 0.239 e. The molecule has 2 atom stereocenters. The van der Waals surface area contributed by atoms with Gasteiger partial charge in [0.15, 0.2) is 0 Å². The summed E-state index contributed by atoms with van der Waals surface area (Å²) in [6.07, 6.45) is 5.78. The molecule has 0 aromatic rings. The van der Waals surface area contributed by atoms with Crippen molar-refractivity contribution < 1.29 is 4.79 Å². The van der Waals surface area contributed by atoms with Crippen molar-refractivity contribution in [3.63, 3.8) is 0 Å². The lowest BCUT2D eigenvalue weighted by Crippen LogP contribution is -2.51. The maximum atomic E-state index is 12.6. The molecule has 1 heterocycles. The number of carbonyl (C=O) groups excluding carboxylic acids is 1. The summed E-state index contributed by atoms with van der Waals surface area (Å²) in [6.45, 7) is 8.68. The van der Waals surface area contributed by atoms with Gasteiger partial charge in [-0.3, -0.25) is 4.79 Å². The summed E-state index contributed by atoms with van der Waals surface area (Å²) in [6, 6.07) is 0.636. The third kappa shape index (κ3) is 3.71. The van der Waals surface area contributed by atoms with E-state index in [1.807, 2.05) is 0 Å². The first-order valence-electron chi connectivity index (χ1n) is 7.61. The standard InChI is InChI=1S/C15H28N2O/c1-11(2)7-9-17(13-4-5-13)15(18)14-10-12(3)6-8-16-14/h11-14,16H,4-10H2,1-3H3. The average molecular weight is 252 g/mol. The largest absolute Gasteiger partial charge is 0.338 e. The highest BCUT2D eigenvalue weighted by Crippen LogP contribution is 2.29. The van der Waals surface area contributed by atoms with Crippen molar-refractivity contribution in [1.29, 1.82) is 0 Å². The van der Waals surface area contributed by atoms with E-state index in [1.54, 1.807) is 0 Å². The molecule has 2 aliphatic rings. The highest BCUT2D eigenvalue weighted by atomic mass is 16.2. The number of hydrogen-bond donors (Lipinski definition) is 1. The Labute approximate surface area is 111 Å². The predicted molar refractivity (Wildman–Crippen MR) is 74.4 cm³/mol. The van der Waals surface area contributed by atoms with Crippen LogP contribution >= 0.6 is 0 Å². The summed E-state index contributed by atoms with van der Waals surface area (Å²) in [5.74, 6) is 1.73. The Morgan fingerprint density at radius 3 is 2.61 bits per heavy atom. The number of nitrogens with one attached hydrogen (secondary N) is 1. The van der Waals surface area contributed by atoms with Crippen LogP contribution in [0.2, 0.25) is 0 Å². The summed E-state index contributed by atoms with van der Waals surface area (Å²) in [4.78, 5) is 14.8.